The number of rotatable bonds is 4. The molecule has 3 aromatic rings. The van der Waals surface area contributed by atoms with Gasteiger partial charge in [0, 0.05) is 17.0 Å². The predicted octanol–water partition coefficient (Wildman–Crippen LogP) is 1.99. The zero-order valence-electron chi connectivity index (χ0n) is 12.3. The van der Waals surface area contributed by atoms with Gasteiger partial charge in [-0.3, -0.25) is 9.59 Å². The van der Waals surface area contributed by atoms with E-state index >= 15 is 0 Å². The van der Waals surface area contributed by atoms with Crippen LogP contribution < -0.4 is 10.9 Å². The highest BCUT2D eigenvalue weighted by atomic mass is 16.3. The Balaban J connectivity index is 1.95. The summed E-state index contributed by atoms with van der Waals surface area (Å²) in [6, 6.07) is 15.7. The number of aromatic nitrogens is 1. The van der Waals surface area contributed by atoms with Crippen molar-refractivity contribution in [3.63, 3.8) is 0 Å². The van der Waals surface area contributed by atoms with Crippen LogP contribution >= 0.6 is 0 Å². The first-order chi connectivity index (χ1) is 11.2. The fourth-order valence-electron chi connectivity index (χ4n) is 2.55. The fourth-order valence-corrected chi connectivity index (χ4v) is 2.55. The van der Waals surface area contributed by atoms with Crippen molar-refractivity contribution >= 4 is 16.7 Å². The lowest BCUT2D eigenvalue weighted by atomic mass is 10.0. The highest BCUT2D eigenvalue weighted by Gasteiger charge is 2.17. The number of aliphatic hydroxyl groups excluding tert-OH is 1. The number of pyridine rings is 1. The minimum Gasteiger partial charge on any atom is -0.394 e. The van der Waals surface area contributed by atoms with E-state index in [-0.39, 0.29) is 18.1 Å². The molecule has 5 nitrogen and oxygen atoms in total. The Morgan fingerprint density at radius 3 is 2.39 bits per heavy atom. The second-order valence-corrected chi connectivity index (χ2v) is 5.20. The van der Waals surface area contributed by atoms with Crippen LogP contribution in [0.4, 0.5) is 0 Å². The average Bonchev–Trinajstić information content (AvgIpc) is 2.61. The molecule has 116 valence electrons. The number of hydrogen-bond donors (Lipinski definition) is 3. The van der Waals surface area contributed by atoms with Gasteiger partial charge in [-0.1, -0.05) is 48.5 Å². The smallest absolute Gasteiger partial charge is 0.255 e. The number of benzene rings is 2. The van der Waals surface area contributed by atoms with Crippen LogP contribution in [-0.2, 0) is 0 Å². The van der Waals surface area contributed by atoms with E-state index in [1.807, 2.05) is 30.3 Å². The molecular formula is C18H16N2O3. The Kier molecular flexibility index (Phi) is 4.21. The van der Waals surface area contributed by atoms with E-state index in [2.05, 4.69) is 10.3 Å². The van der Waals surface area contributed by atoms with Crippen molar-refractivity contribution in [2.45, 2.75) is 6.04 Å². The van der Waals surface area contributed by atoms with Crippen LogP contribution in [-0.4, -0.2) is 22.6 Å². The third kappa shape index (κ3) is 3.00. The Labute approximate surface area is 132 Å². The molecule has 0 unspecified atom stereocenters. The molecule has 0 saturated carbocycles. The summed E-state index contributed by atoms with van der Waals surface area (Å²) in [6.07, 6.45) is 1.40. The minimum absolute atomic E-state index is 0.211. The summed E-state index contributed by atoms with van der Waals surface area (Å²) in [4.78, 5) is 27.0. The van der Waals surface area contributed by atoms with E-state index in [4.69, 9.17) is 0 Å². The number of aliphatic hydroxyl groups is 1. The topological polar surface area (TPSA) is 82.2 Å². The molecule has 2 aromatic carbocycles. The quantitative estimate of drug-likeness (QED) is 0.689. The van der Waals surface area contributed by atoms with Gasteiger partial charge in [0.05, 0.1) is 18.2 Å². The summed E-state index contributed by atoms with van der Waals surface area (Å²) < 4.78 is 0. The average molecular weight is 308 g/mol. The van der Waals surface area contributed by atoms with Crippen molar-refractivity contribution < 1.29 is 9.90 Å². The minimum atomic E-state index is -0.505. The number of fused-ring (bicyclic) bond motifs is 1. The molecule has 1 aromatic heterocycles. The maximum Gasteiger partial charge on any atom is 0.255 e. The van der Waals surface area contributed by atoms with Crippen LogP contribution in [0.15, 0.2) is 65.6 Å². The second kappa shape index (κ2) is 6.46. The molecule has 1 atom stereocenters. The van der Waals surface area contributed by atoms with Gasteiger partial charge in [-0.05, 0) is 11.6 Å². The van der Waals surface area contributed by atoms with Crippen molar-refractivity contribution in [3.05, 3.63) is 82.3 Å². The van der Waals surface area contributed by atoms with Crippen LogP contribution in [0.1, 0.15) is 22.0 Å². The molecule has 0 fully saturated rings. The Hall–Kier alpha value is -2.92. The van der Waals surface area contributed by atoms with Gasteiger partial charge in [0.2, 0.25) is 0 Å². The first kappa shape index (κ1) is 15.0. The predicted molar refractivity (Wildman–Crippen MR) is 88.3 cm³/mol. The summed E-state index contributed by atoms with van der Waals surface area (Å²) >= 11 is 0. The lowest BCUT2D eigenvalue weighted by Crippen LogP contribution is -2.31. The molecule has 3 rings (SSSR count). The van der Waals surface area contributed by atoms with Crippen LogP contribution in [0.5, 0.6) is 0 Å². The first-order valence-electron chi connectivity index (χ1n) is 7.28. The summed E-state index contributed by atoms with van der Waals surface area (Å²) in [5.41, 5.74) is 0.950. The van der Waals surface area contributed by atoms with Crippen LogP contribution in [0.25, 0.3) is 10.8 Å². The lowest BCUT2D eigenvalue weighted by molar-refractivity contribution is 0.0917. The largest absolute Gasteiger partial charge is 0.394 e. The second-order valence-electron chi connectivity index (χ2n) is 5.20. The van der Waals surface area contributed by atoms with Gasteiger partial charge >= 0.3 is 0 Å². The maximum absolute atomic E-state index is 12.6. The lowest BCUT2D eigenvalue weighted by Gasteiger charge is -2.17. The van der Waals surface area contributed by atoms with Gasteiger partial charge in [-0.2, -0.15) is 0 Å². The maximum atomic E-state index is 12.6. The van der Waals surface area contributed by atoms with Crippen LogP contribution in [0.3, 0.4) is 0 Å². The SMILES string of the molecule is O=C(N[C@H](CO)c1ccccc1)c1c[nH]c(=O)c2ccccc12. The van der Waals surface area contributed by atoms with E-state index in [0.717, 1.165) is 5.56 Å². The molecule has 0 bridgehead atoms. The Morgan fingerprint density at radius 1 is 1.04 bits per heavy atom. The zero-order valence-corrected chi connectivity index (χ0v) is 12.3. The van der Waals surface area contributed by atoms with Gasteiger partial charge in [0.1, 0.15) is 0 Å². The third-order valence-electron chi connectivity index (χ3n) is 3.74. The summed E-state index contributed by atoms with van der Waals surface area (Å²) in [5.74, 6) is -0.347. The van der Waals surface area contributed by atoms with E-state index in [1.54, 1.807) is 24.3 Å². The molecule has 1 amide bonds. The van der Waals surface area contributed by atoms with Crippen LogP contribution in [0.2, 0.25) is 0 Å². The molecule has 0 saturated heterocycles. The van der Waals surface area contributed by atoms with E-state index < -0.39 is 6.04 Å². The molecule has 23 heavy (non-hydrogen) atoms. The molecule has 1 heterocycles. The Morgan fingerprint density at radius 2 is 1.70 bits per heavy atom. The third-order valence-corrected chi connectivity index (χ3v) is 3.74. The summed E-state index contributed by atoms with van der Waals surface area (Å²) in [5, 5.41) is 13.4. The van der Waals surface area contributed by atoms with E-state index in [1.165, 1.54) is 6.20 Å². The highest BCUT2D eigenvalue weighted by Crippen LogP contribution is 2.17. The monoisotopic (exact) mass is 308 g/mol. The standard InChI is InChI=1S/C18H16N2O3/c21-11-16(12-6-2-1-3-7-12)20-18(23)15-10-19-17(22)14-9-5-4-8-13(14)15/h1-10,16,21H,11H2,(H,19,22)(H,20,23)/t16-/m1/s1. The molecule has 3 N–H and O–H groups in total. The van der Waals surface area contributed by atoms with Crippen molar-refractivity contribution in [1.82, 2.24) is 10.3 Å². The molecule has 0 radical (unpaired) electrons. The zero-order chi connectivity index (χ0) is 16.2. The van der Waals surface area contributed by atoms with Gasteiger partial charge in [-0.15, -0.1) is 0 Å². The normalized spacial score (nSPS) is 12.0. The number of amides is 1. The van der Waals surface area contributed by atoms with Crippen LogP contribution in [0, 0.1) is 0 Å². The number of aromatic amines is 1. The molecule has 0 aliphatic rings. The van der Waals surface area contributed by atoms with E-state index in [0.29, 0.717) is 16.3 Å². The van der Waals surface area contributed by atoms with Gasteiger partial charge in [0.25, 0.3) is 11.5 Å². The number of nitrogens with one attached hydrogen (secondary N) is 2. The van der Waals surface area contributed by atoms with E-state index in [9.17, 15) is 14.7 Å². The van der Waals surface area contributed by atoms with Crippen molar-refractivity contribution in [2.24, 2.45) is 0 Å². The number of carbonyl (C=O) groups excluding carboxylic acids is 1. The molecular weight excluding hydrogens is 292 g/mol. The van der Waals surface area contributed by atoms with Gasteiger partial charge in [0.15, 0.2) is 0 Å². The van der Waals surface area contributed by atoms with Crippen molar-refractivity contribution in [3.8, 4) is 0 Å². The van der Waals surface area contributed by atoms with Crippen molar-refractivity contribution in [1.29, 1.82) is 0 Å². The van der Waals surface area contributed by atoms with Crippen molar-refractivity contribution in [2.75, 3.05) is 6.61 Å². The molecule has 0 aliphatic heterocycles. The highest BCUT2D eigenvalue weighted by molar-refractivity contribution is 6.06. The number of hydrogen-bond acceptors (Lipinski definition) is 3. The fraction of sp³-hybridized carbons (Fsp3) is 0.111. The molecule has 0 aliphatic carbocycles. The number of H-pyrrole nitrogens is 1. The van der Waals surface area contributed by atoms with Gasteiger partial charge < -0.3 is 15.4 Å². The molecule has 5 heteroatoms. The van der Waals surface area contributed by atoms with Gasteiger partial charge in [-0.25, -0.2) is 0 Å². The molecule has 0 spiro atoms. The number of carbonyl (C=O) groups is 1. The Bertz CT molecular complexity index is 887. The summed E-state index contributed by atoms with van der Waals surface area (Å²) in [7, 11) is 0. The summed E-state index contributed by atoms with van der Waals surface area (Å²) in [6.45, 7) is -0.211. The first-order valence-corrected chi connectivity index (χ1v) is 7.28.